The number of nitrogens with one attached hydrogen (secondary N) is 2. The first-order valence-electron chi connectivity index (χ1n) is 9.01. The largest absolute Gasteiger partial charge is 0.359 e. The molecule has 0 fully saturated rings. The second kappa shape index (κ2) is 8.70. The minimum Gasteiger partial charge on any atom is -0.359 e. The van der Waals surface area contributed by atoms with Crippen LogP contribution >= 0.6 is 0 Å². The zero-order chi connectivity index (χ0) is 18.4. The Hall–Kier alpha value is -2.30. The standard InChI is InChI=1S/C20H29N3O2/c1-5-11-21-19(24)13-23-15(4)12-17(20(25)22-14(3)6-2)16-9-7-8-10-18(16)23/h5,7-10,14-15,17H,1,6,11-13H2,2-4H3,(H,21,24)(H,22,25)/t14-,15-,17-/m1/s1. The molecule has 1 aliphatic rings. The van der Waals surface area contributed by atoms with Gasteiger partial charge in [-0.1, -0.05) is 31.2 Å². The monoisotopic (exact) mass is 343 g/mol. The van der Waals surface area contributed by atoms with E-state index < -0.39 is 0 Å². The molecule has 0 bridgehead atoms. The molecule has 2 N–H and O–H groups in total. The summed E-state index contributed by atoms with van der Waals surface area (Å²) in [4.78, 5) is 27.0. The van der Waals surface area contributed by atoms with Gasteiger partial charge in [-0.2, -0.15) is 0 Å². The van der Waals surface area contributed by atoms with Gasteiger partial charge >= 0.3 is 0 Å². The van der Waals surface area contributed by atoms with Crippen molar-refractivity contribution in [2.45, 2.75) is 51.6 Å². The van der Waals surface area contributed by atoms with Crippen molar-refractivity contribution in [2.75, 3.05) is 18.0 Å². The molecule has 1 aliphatic heterocycles. The second-order valence-electron chi connectivity index (χ2n) is 6.73. The fraction of sp³-hybridized carbons (Fsp3) is 0.500. The zero-order valence-corrected chi connectivity index (χ0v) is 15.4. The van der Waals surface area contributed by atoms with Crippen LogP contribution in [-0.4, -0.2) is 37.0 Å². The van der Waals surface area contributed by atoms with E-state index in [4.69, 9.17) is 0 Å². The Bertz CT molecular complexity index is 629. The Morgan fingerprint density at radius 3 is 2.80 bits per heavy atom. The SMILES string of the molecule is C=CCNC(=O)CN1c2ccccc2[C@H](C(=O)N[C@H](C)CC)C[C@H]1C. The third-order valence-electron chi connectivity index (χ3n) is 4.81. The lowest BCUT2D eigenvalue weighted by atomic mass is 9.85. The number of carbonyl (C=O) groups excluding carboxylic acids is 2. The molecule has 136 valence electrons. The highest BCUT2D eigenvalue weighted by atomic mass is 16.2. The Balaban J connectivity index is 2.22. The van der Waals surface area contributed by atoms with Crippen molar-refractivity contribution in [3.05, 3.63) is 42.5 Å². The van der Waals surface area contributed by atoms with Crippen LogP contribution in [0.3, 0.4) is 0 Å². The van der Waals surface area contributed by atoms with E-state index in [1.807, 2.05) is 31.2 Å². The number of hydrogen-bond acceptors (Lipinski definition) is 3. The predicted molar refractivity (Wildman–Crippen MR) is 102 cm³/mol. The highest BCUT2D eigenvalue weighted by Crippen LogP contribution is 2.38. The fourth-order valence-electron chi connectivity index (χ4n) is 3.21. The number of amides is 2. The van der Waals surface area contributed by atoms with Gasteiger partial charge in [-0.3, -0.25) is 9.59 Å². The van der Waals surface area contributed by atoms with Gasteiger partial charge in [0.15, 0.2) is 0 Å². The maximum absolute atomic E-state index is 12.7. The number of fused-ring (bicyclic) bond motifs is 1. The number of para-hydroxylation sites is 1. The average molecular weight is 343 g/mol. The van der Waals surface area contributed by atoms with Crippen LogP contribution in [0.25, 0.3) is 0 Å². The lowest BCUT2D eigenvalue weighted by molar-refractivity contribution is -0.123. The maximum atomic E-state index is 12.7. The van der Waals surface area contributed by atoms with Gasteiger partial charge in [0.2, 0.25) is 11.8 Å². The highest BCUT2D eigenvalue weighted by molar-refractivity contribution is 5.88. The molecule has 0 saturated carbocycles. The molecule has 0 aliphatic carbocycles. The van der Waals surface area contributed by atoms with Gasteiger partial charge in [0.05, 0.1) is 12.5 Å². The molecule has 0 spiro atoms. The minimum atomic E-state index is -0.173. The topological polar surface area (TPSA) is 61.4 Å². The summed E-state index contributed by atoms with van der Waals surface area (Å²) >= 11 is 0. The molecule has 2 rings (SSSR count). The molecule has 1 aromatic rings. The molecule has 0 aromatic heterocycles. The van der Waals surface area contributed by atoms with Crippen LogP contribution in [0.1, 0.15) is 45.1 Å². The van der Waals surface area contributed by atoms with E-state index in [0.29, 0.717) is 13.0 Å². The van der Waals surface area contributed by atoms with Crippen molar-refractivity contribution in [3.63, 3.8) is 0 Å². The number of nitrogens with zero attached hydrogens (tertiary/aromatic N) is 1. The van der Waals surface area contributed by atoms with E-state index in [-0.39, 0.29) is 36.4 Å². The molecule has 2 amide bonds. The van der Waals surface area contributed by atoms with E-state index in [2.05, 4.69) is 36.0 Å². The Labute approximate surface area is 150 Å². The summed E-state index contributed by atoms with van der Waals surface area (Å²) in [6.07, 6.45) is 3.28. The van der Waals surface area contributed by atoms with E-state index in [1.165, 1.54) is 0 Å². The molecular weight excluding hydrogens is 314 g/mol. The van der Waals surface area contributed by atoms with Gasteiger partial charge in [0.25, 0.3) is 0 Å². The molecular formula is C20H29N3O2. The van der Waals surface area contributed by atoms with Crippen molar-refractivity contribution >= 4 is 17.5 Å². The molecule has 0 saturated heterocycles. The maximum Gasteiger partial charge on any atom is 0.239 e. The summed E-state index contributed by atoms with van der Waals surface area (Å²) < 4.78 is 0. The summed E-state index contributed by atoms with van der Waals surface area (Å²) in [6, 6.07) is 8.17. The van der Waals surface area contributed by atoms with Crippen LogP contribution in [0.4, 0.5) is 5.69 Å². The first-order chi connectivity index (χ1) is 12.0. The van der Waals surface area contributed by atoms with Crippen molar-refractivity contribution in [1.82, 2.24) is 10.6 Å². The van der Waals surface area contributed by atoms with Crippen LogP contribution in [0.15, 0.2) is 36.9 Å². The van der Waals surface area contributed by atoms with Crippen LogP contribution in [0.5, 0.6) is 0 Å². The van der Waals surface area contributed by atoms with Gasteiger partial charge < -0.3 is 15.5 Å². The van der Waals surface area contributed by atoms with Crippen molar-refractivity contribution in [1.29, 1.82) is 0 Å². The van der Waals surface area contributed by atoms with E-state index in [1.54, 1.807) is 6.08 Å². The number of rotatable bonds is 7. The molecule has 5 heteroatoms. The van der Waals surface area contributed by atoms with Crippen LogP contribution in [0, 0.1) is 0 Å². The fourth-order valence-corrected chi connectivity index (χ4v) is 3.21. The van der Waals surface area contributed by atoms with Gasteiger partial charge in [0, 0.05) is 24.3 Å². The van der Waals surface area contributed by atoms with Gasteiger partial charge in [-0.15, -0.1) is 6.58 Å². The summed E-state index contributed by atoms with van der Waals surface area (Å²) in [7, 11) is 0. The lowest BCUT2D eigenvalue weighted by Gasteiger charge is -2.40. The average Bonchev–Trinajstić information content (AvgIpc) is 2.61. The molecule has 5 nitrogen and oxygen atoms in total. The summed E-state index contributed by atoms with van der Waals surface area (Å²) in [5, 5.41) is 5.92. The number of carbonyl (C=O) groups is 2. The van der Waals surface area contributed by atoms with Crippen LogP contribution < -0.4 is 15.5 Å². The smallest absolute Gasteiger partial charge is 0.239 e. The minimum absolute atomic E-state index is 0.0379. The van der Waals surface area contributed by atoms with E-state index in [0.717, 1.165) is 17.7 Å². The van der Waals surface area contributed by atoms with E-state index >= 15 is 0 Å². The number of hydrogen-bond donors (Lipinski definition) is 2. The second-order valence-corrected chi connectivity index (χ2v) is 6.73. The normalized spacial score (nSPS) is 20.4. The predicted octanol–water partition coefficient (Wildman–Crippen LogP) is 2.59. The summed E-state index contributed by atoms with van der Waals surface area (Å²) in [5.74, 6) is -0.138. The molecule has 1 heterocycles. The summed E-state index contributed by atoms with van der Waals surface area (Å²) in [5.41, 5.74) is 1.97. The highest BCUT2D eigenvalue weighted by Gasteiger charge is 2.34. The molecule has 0 radical (unpaired) electrons. The number of benzene rings is 1. The van der Waals surface area contributed by atoms with Gasteiger partial charge in [0.1, 0.15) is 0 Å². The Morgan fingerprint density at radius 2 is 2.12 bits per heavy atom. The Kier molecular flexibility index (Phi) is 6.62. The third-order valence-corrected chi connectivity index (χ3v) is 4.81. The molecule has 0 unspecified atom stereocenters. The molecule has 1 aromatic carbocycles. The summed E-state index contributed by atoms with van der Waals surface area (Å²) in [6.45, 7) is 10.5. The van der Waals surface area contributed by atoms with Crippen molar-refractivity contribution in [3.8, 4) is 0 Å². The third kappa shape index (κ3) is 4.62. The van der Waals surface area contributed by atoms with Crippen LogP contribution in [0.2, 0.25) is 0 Å². The van der Waals surface area contributed by atoms with Crippen molar-refractivity contribution in [2.24, 2.45) is 0 Å². The van der Waals surface area contributed by atoms with Crippen LogP contribution in [-0.2, 0) is 9.59 Å². The van der Waals surface area contributed by atoms with Crippen molar-refractivity contribution < 1.29 is 9.59 Å². The lowest BCUT2D eigenvalue weighted by Crippen LogP contribution is -2.47. The zero-order valence-electron chi connectivity index (χ0n) is 15.4. The van der Waals surface area contributed by atoms with Gasteiger partial charge in [-0.25, -0.2) is 0 Å². The molecule has 25 heavy (non-hydrogen) atoms. The molecule has 3 atom stereocenters. The quantitative estimate of drug-likeness (QED) is 0.748. The van der Waals surface area contributed by atoms with Gasteiger partial charge in [-0.05, 0) is 38.3 Å². The first-order valence-corrected chi connectivity index (χ1v) is 9.01. The van der Waals surface area contributed by atoms with E-state index in [9.17, 15) is 9.59 Å². The number of anilines is 1. The Morgan fingerprint density at radius 1 is 1.40 bits per heavy atom. The first kappa shape index (κ1) is 19.0.